The van der Waals surface area contributed by atoms with Crippen LogP contribution in [-0.2, 0) is 14.6 Å². The first-order chi connectivity index (χ1) is 11.3. The average molecular weight is 354 g/mol. The smallest absolute Gasteiger partial charge is 0.189 e. The molecule has 5 nitrogen and oxygen atoms in total. The first-order valence-corrected chi connectivity index (χ1v) is 9.24. The Morgan fingerprint density at radius 1 is 1.17 bits per heavy atom. The molecule has 0 aromatic heterocycles. The fraction of sp³-hybridized carbons (Fsp3) is 0.500. The predicted octanol–water partition coefficient (Wildman–Crippen LogP) is 1.59. The fourth-order valence-electron chi connectivity index (χ4n) is 3.56. The molecule has 1 heterocycles. The van der Waals surface area contributed by atoms with Gasteiger partial charge in [-0.05, 0) is 31.4 Å². The normalized spacial score (nSPS) is 30.5. The monoisotopic (exact) mass is 354 g/mol. The number of carbonyl (C=O) groups is 1. The van der Waals surface area contributed by atoms with Crippen LogP contribution in [0.3, 0.4) is 0 Å². The molecule has 1 saturated heterocycles. The number of carbonyl (C=O) groups excluding carboxylic acids is 1. The molecule has 4 unspecified atom stereocenters. The summed E-state index contributed by atoms with van der Waals surface area (Å²) in [6, 6.07) is 4.00. The first kappa shape index (κ1) is 17.0. The van der Waals surface area contributed by atoms with E-state index < -0.39 is 43.3 Å². The molecule has 3 rings (SSSR count). The summed E-state index contributed by atoms with van der Waals surface area (Å²) in [5.41, 5.74) is 0. The van der Waals surface area contributed by atoms with Gasteiger partial charge in [-0.15, -0.1) is 0 Å². The predicted molar refractivity (Wildman–Crippen MR) is 80.6 cm³/mol. The quantitative estimate of drug-likeness (QED) is 0.871. The molecule has 24 heavy (non-hydrogen) atoms. The Balaban J connectivity index is 1.91. The maximum atomic E-state index is 13.3. The number of hydrogen-bond donors (Lipinski definition) is 1. The second-order valence-electron chi connectivity index (χ2n) is 6.30. The molecule has 1 aliphatic heterocycles. The number of halogens is 2. The largest absolute Gasteiger partial charge is 0.311 e. The third-order valence-corrected chi connectivity index (χ3v) is 6.86. The Morgan fingerprint density at radius 2 is 1.83 bits per heavy atom. The number of fused-ring (bicyclic) bond motifs is 1. The Kier molecular flexibility index (Phi) is 4.40. The van der Waals surface area contributed by atoms with Gasteiger partial charge in [0.05, 0.1) is 11.0 Å². The summed E-state index contributed by atoms with van der Waals surface area (Å²) >= 11 is 0. The van der Waals surface area contributed by atoms with Gasteiger partial charge in [0.1, 0.15) is 16.9 Å². The number of sulfone groups is 1. The van der Waals surface area contributed by atoms with Crippen molar-refractivity contribution in [2.24, 2.45) is 11.8 Å². The molecule has 1 saturated carbocycles. The lowest BCUT2D eigenvalue weighted by atomic mass is 9.74. The number of hydrogen-bond acceptors (Lipinski definition) is 5. The topological polar surface area (TPSA) is 87.0 Å². The highest BCUT2D eigenvalue weighted by Gasteiger charge is 2.46. The Labute approximate surface area is 138 Å². The van der Waals surface area contributed by atoms with Gasteiger partial charge in [0, 0.05) is 30.5 Å². The summed E-state index contributed by atoms with van der Waals surface area (Å²) in [5, 5.41) is 10.7. The van der Waals surface area contributed by atoms with E-state index in [1.165, 1.54) is 0 Å². The van der Waals surface area contributed by atoms with E-state index in [0.29, 0.717) is 25.3 Å². The average Bonchev–Trinajstić information content (AvgIpc) is 2.54. The Hall–Kier alpha value is -1.85. The summed E-state index contributed by atoms with van der Waals surface area (Å²) in [4.78, 5) is 12.2. The van der Waals surface area contributed by atoms with Crippen LogP contribution in [0.1, 0.15) is 19.3 Å². The molecule has 1 N–H and O–H groups in total. The van der Waals surface area contributed by atoms with Crippen molar-refractivity contribution in [2.45, 2.75) is 35.4 Å². The number of piperidine rings is 1. The minimum Gasteiger partial charge on any atom is -0.311 e. The summed E-state index contributed by atoms with van der Waals surface area (Å²) in [5.74, 6) is -3.32. The number of nitrogens with zero attached hydrogens (tertiary/aromatic N) is 1. The van der Waals surface area contributed by atoms with Gasteiger partial charge in [0.25, 0.3) is 0 Å². The van der Waals surface area contributed by atoms with Gasteiger partial charge in [-0.3, -0.25) is 4.79 Å². The van der Waals surface area contributed by atoms with E-state index in [4.69, 9.17) is 5.26 Å². The van der Waals surface area contributed by atoms with E-state index in [-0.39, 0.29) is 18.5 Å². The zero-order chi connectivity index (χ0) is 17.5. The third kappa shape index (κ3) is 2.94. The number of ketones is 1. The Bertz CT molecular complexity index is 799. The summed E-state index contributed by atoms with van der Waals surface area (Å²) in [6.45, 7) is -0.0856. The van der Waals surface area contributed by atoms with Gasteiger partial charge in [-0.25, -0.2) is 17.2 Å². The molecule has 2 aliphatic rings. The second-order valence-corrected chi connectivity index (χ2v) is 8.43. The number of nitrogens with one attached hydrogen (secondary N) is 1. The van der Waals surface area contributed by atoms with E-state index in [0.717, 1.165) is 12.1 Å². The van der Waals surface area contributed by atoms with Crippen LogP contribution in [0.15, 0.2) is 23.1 Å². The van der Waals surface area contributed by atoms with Crippen molar-refractivity contribution >= 4 is 15.6 Å². The maximum Gasteiger partial charge on any atom is 0.189 e. The standard InChI is InChI=1S/C16H16F2N2O3S/c17-10-4-11(18)6-12(5-10)24(22,23)15-8-20-14-2-1-9(7-19)3-13(14)16(15)21/h4-6,9,13-15,20H,1-3,8H2. The van der Waals surface area contributed by atoms with E-state index in [9.17, 15) is 22.0 Å². The van der Waals surface area contributed by atoms with Gasteiger partial charge >= 0.3 is 0 Å². The number of Topliss-reactive ketones (excluding diaryl/α,β-unsaturated/α-hetero) is 1. The fourth-order valence-corrected chi connectivity index (χ4v) is 5.24. The lowest BCUT2D eigenvalue weighted by molar-refractivity contribution is -0.126. The molecule has 4 atom stereocenters. The molecular formula is C16H16F2N2O3S. The Morgan fingerprint density at radius 3 is 2.46 bits per heavy atom. The molecule has 1 aromatic carbocycles. The molecule has 0 bridgehead atoms. The van der Waals surface area contributed by atoms with Crippen LogP contribution >= 0.6 is 0 Å². The van der Waals surface area contributed by atoms with Crippen molar-refractivity contribution in [3.8, 4) is 6.07 Å². The lowest BCUT2D eigenvalue weighted by Crippen LogP contribution is -2.58. The van der Waals surface area contributed by atoms with E-state index >= 15 is 0 Å². The van der Waals surface area contributed by atoms with Crippen LogP contribution in [0.4, 0.5) is 8.78 Å². The van der Waals surface area contributed by atoms with Crippen LogP contribution in [-0.4, -0.2) is 32.0 Å². The van der Waals surface area contributed by atoms with Gasteiger partial charge in [0.15, 0.2) is 15.6 Å². The van der Waals surface area contributed by atoms with E-state index in [1.807, 2.05) is 0 Å². The van der Waals surface area contributed by atoms with Crippen LogP contribution in [0.25, 0.3) is 0 Å². The molecule has 128 valence electrons. The molecule has 1 aromatic rings. The number of benzene rings is 1. The molecule has 0 amide bonds. The van der Waals surface area contributed by atoms with E-state index in [2.05, 4.69) is 11.4 Å². The SMILES string of the molecule is N#CC1CCC2NCC(S(=O)(=O)c3cc(F)cc(F)c3)C(=O)C2C1. The number of rotatable bonds is 2. The van der Waals surface area contributed by atoms with Crippen molar-refractivity contribution in [1.29, 1.82) is 5.26 Å². The van der Waals surface area contributed by atoms with Crippen LogP contribution in [0, 0.1) is 34.8 Å². The zero-order valence-electron chi connectivity index (χ0n) is 12.7. The van der Waals surface area contributed by atoms with Gasteiger partial charge < -0.3 is 5.32 Å². The highest BCUT2D eigenvalue weighted by atomic mass is 32.2. The van der Waals surface area contributed by atoms with Crippen LogP contribution in [0.2, 0.25) is 0 Å². The summed E-state index contributed by atoms with van der Waals surface area (Å²) < 4.78 is 52.0. The highest BCUT2D eigenvalue weighted by molar-refractivity contribution is 7.92. The van der Waals surface area contributed by atoms with Crippen LogP contribution in [0.5, 0.6) is 0 Å². The molecule has 2 fully saturated rings. The minimum absolute atomic E-state index is 0.0856. The second kappa shape index (κ2) is 6.22. The van der Waals surface area contributed by atoms with Crippen molar-refractivity contribution < 1.29 is 22.0 Å². The van der Waals surface area contributed by atoms with Gasteiger partial charge in [-0.1, -0.05) is 0 Å². The molecule has 1 aliphatic carbocycles. The molecular weight excluding hydrogens is 338 g/mol. The first-order valence-electron chi connectivity index (χ1n) is 7.69. The van der Waals surface area contributed by atoms with Crippen molar-refractivity contribution in [3.63, 3.8) is 0 Å². The third-order valence-electron chi connectivity index (χ3n) is 4.82. The summed E-state index contributed by atoms with van der Waals surface area (Å²) in [7, 11) is -4.21. The van der Waals surface area contributed by atoms with E-state index in [1.54, 1.807) is 0 Å². The lowest BCUT2D eigenvalue weighted by Gasteiger charge is -2.39. The molecule has 8 heteroatoms. The van der Waals surface area contributed by atoms with Crippen LogP contribution < -0.4 is 5.32 Å². The zero-order valence-corrected chi connectivity index (χ0v) is 13.5. The highest BCUT2D eigenvalue weighted by Crippen LogP contribution is 2.35. The minimum atomic E-state index is -4.21. The molecule has 0 radical (unpaired) electrons. The van der Waals surface area contributed by atoms with Crippen molar-refractivity contribution in [1.82, 2.24) is 5.32 Å². The van der Waals surface area contributed by atoms with Gasteiger partial charge in [0.2, 0.25) is 0 Å². The number of nitriles is 1. The van der Waals surface area contributed by atoms with Crippen molar-refractivity contribution in [3.05, 3.63) is 29.8 Å². The maximum absolute atomic E-state index is 13.3. The summed E-state index contributed by atoms with van der Waals surface area (Å²) in [6.07, 6.45) is 1.62. The van der Waals surface area contributed by atoms with Gasteiger partial charge in [-0.2, -0.15) is 5.26 Å². The van der Waals surface area contributed by atoms with Crippen molar-refractivity contribution in [2.75, 3.05) is 6.54 Å². The molecule has 0 spiro atoms.